The third kappa shape index (κ3) is 2.18. The summed E-state index contributed by atoms with van der Waals surface area (Å²) >= 11 is 0. The van der Waals surface area contributed by atoms with Gasteiger partial charge in [-0.2, -0.15) is 9.97 Å². The first kappa shape index (κ1) is 10.4. The summed E-state index contributed by atoms with van der Waals surface area (Å²) in [5.74, 6) is -0.933. The monoisotopic (exact) mass is 196 g/mol. The molecule has 0 saturated heterocycles. The molecule has 14 heavy (non-hydrogen) atoms. The maximum absolute atomic E-state index is 10.7. The standard InChI is InChI=1S/C9H12N2O3/c1-5(2)6-4-7(8(12)13)11-9(10-6)14-3/h4-5H,1-3H3,(H,12,13). The first-order valence-corrected chi connectivity index (χ1v) is 4.21. The van der Waals surface area contributed by atoms with Gasteiger partial charge in [-0.25, -0.2) is 4.79 Å². The molecule has 5 heteroatoms. The van der Waals surface area contributed by atoms with Crippen LogP contribution in [0.4, 0.5) is 0 Å². The van der Waals surface area contributed by atoms with E-state index >= 15 is 0 Å². The van der Waals surface area contributed by atoms with Gasteiger partial charge in [0.1, 0.15) is 0 Å². The van der Waals surface area contributed by atoms with Crippen molar-refractivity contribution in [3.8, 4) is 6.01 Å². The van der Waals surface area contributed by atoms with Crippen molar-refractivity contribution in [2.24, 2.45) is 0 Å². The lowest BCUT2D eigenvalue weighted by atomic mass is 10.1. The van der Waals surface area contributed by atoms with E-state index in [0.29, 0.717) is 5.69 Å². The third-order valence-corrected chi connectivity index (χ3v) is 1.72. The van der Waals surface area contributed by atoms with E-state index in [-0.39, 0.29) is 17.6 Å². The number of aromatic carboxylic acids is 1. The molecule has 76 valence electrons. The van der Waals surface area contributed by atoms with E-state index in [0.717, 1.165) is 0 Å². The predicted octanol–water partition coefficient (Wildman–Crippen LogP) is 1.31. The van der Waals surface area contributed by atoms with Gasteiger partial charge >= 0.3 is 12.0 Å². The normalized spacial score (nSPS) is 10.3. The van der Waals surface area contributed by atoms with Crippen molar-refractivity contribution < 1.29 is 14.6 Å². The molecule has 0 aliphatic rings. The lowest BCUT2D eigenvalue weighted by Gasteiger charge is -2.06. The molecule has 0 spiro atoms. The van der Waals surface area contributed by atoms with Crippen LogP contribution in [0.15, 0.2) is 6.07 Å². The fourth-order valence-corrected chi connectivity index (χ4v) is 0.940. The Morgan fingerprint density at radius 2 is 2.14 bits per heavy atom. The number of hydrogen-bond acceptors (Lipinski definition) is 4. The molecule has 0 aromatic carbocycles. The molecule has 0 atom stereocenters. The number of rotatable bonds is 3. The number of hydrogen-bond donors (Lipinski definition) is 1. The Morgan fingerprint density at radius 1 is 1.50 bits per heavy atom. The Hall–Kier alpha value is -1.65. The molecule has 1 heterocycles. The number of carboxylic acids is 1. The average molecular weight is 196 g/mol. The molecular weight excluding hydrogens is 184 g/mol. The SMILES string of the molecule is COc1nc(C(=O)O)cc(C(C)C)n1. The molecule has 0 unspecified atom stereocenters. The third-order valence-electron chi connectivity index (χ3n) is 1.72. The molecule has 0 fully saturated rings. The van der Waals surface area contributed by atoms with Gasteiger partial charge in [-0.05, 0) is 12.0 Å². The van der Waals surface area contributed by atoms with Crippen molar-refractivity contribution in [2.45, 2.75) is 19.8 Å². The number of nitrogens with zero attached hydrogens (tertiary/aromatic N) is 2. The van der Waals surface area contributed by atoms with Gasteiger partial charge in [0.05, 0.1) is 12.8 Å². The van der Waals surface area contributed by atoms with E-state index < -0.39 is 5.97 Å². The summed E-state index contributed by atoms with van der Waals surface area (Å²) in [6.07, 6.45) is 0. The van der Waals surface area contributed by atoms with Crippen LogP contribution in [0, 0.1) is 0 Å². The Bertz CT molecular complexity index is 350. The van der Waals surface area contributed by atoms with Crippen molar-refractivity contribution in [3.05, 3.63) is 17.5 Å². The zero-order chi connectivity index (χ0) is 10.7. The summed E-state index contributed by atoms with van der Waals surface area (Å²) < 4.78 is 4.81. The van der Waals surface area contributed by atoms with E-state index in [9.17, 15) is 4.79 Å². The summed E-state index contributed by atoms with van der Waals surface area (Å²) in [5.41, 5.74) is 0.620. The minimum absolute atomic E-state index is 0.0412. The van der Waals surface area contributed by atoms with Crippen LogP contribution in [0.5, 0.6) is 6.01 Å². The quantitative estimate of drug-likeness (QED) is 0.788. The van der Waals surface area contributed by atoms with Crippen LogP contribution in [0.25, 0.3) is 0 Å². The topological polar surface area (TPSA) is 72.3 Å². The fourth-order valence-electron chi connectivity index (χ4n) is 0.940. The highest BCUT2D eigenvalue weighted by Gasteiger charge is 2.12. The van der Waals surface area contributed by atoms with Gasteiger partial charge in [-0.3, -0.25) is 0 Å². The molecule has 1 N–H and O–H groups in total. The second-order valence-corrected chi connectivity index (χ2v) is 3.12. The van der Waals surface area contributed by atoms with E-state index in [1.807, 2.05) is 13.8 Å². The van der Waals surface area contributed by atoms with E-state index in [4.69, 9.17) is 9.84 Å². The first-order valence-electron chi connectivity index (χ1n) is 4.21. The Balaban J connectivity index is 3.20. The Labute approximate surface area is 81.8 Å². The van der Waals surface area contributed by atoms with Crippen LogP contribution in [0.2, 0.25) is 0 Å². The minimum atomic E-state index is -1.08. The van der Waals surface area contributed by atoms with Crippen LogP contribution in [-0.2, 0) is 0 Å². The second kappa shape index (κ2) is 4.04. The number of carboxylic acid groups (broad SMARTS) is 1. The molecule has 0 radical (unpaired) electrons. The maximum atomic E-state index is 10.7. The highest BCUT2D eigenvalue weighted by atomic mass is 16.5. The highest BCUT2D eigenvalue weighted by Crippen LogP contribution is 2.15. The van der Waals surface area contributed by atoms with Crippen LogP contribution in [0.1, 0.15) is 35.9 Å². The first-order chi connectivity index (χ1) is 6.54. The number of aromatic nitrogens is 2. The summed E-state index contributed by atoms with van der Waals surface area (Å²) in [4.78, 5) is 18.4. The van der Waals surface area contributed by atoms with E-state index in [1.54, 1.807) is 0 Å². The van der Waals surface area contributed by atoms with E-state index in [2.05, 4.69) is 9.97 Å². The molecule has 1 aromatic rings. The van der Waals surface area contributed by atoms with Gasteiger partial charge in [0.15, 0.2) is 5.69 Å². The summed E-state index contributed by atoms with van der Waals surface area (Å²) in [6.45, 7) is 3.85. The van der Waals surface area contributed by atoms with E-state index in [1.165, 1.54) is 13.2 Å². The average Bonchev–Trinajstić information content (AvgIpc) is 2.16. The molecule has 0 saturated carbocycles. The second-order valence-electron chi connectivity index (χ2n) is 3.12. The molecule has 0 amide bonds. The largest absolute Gasteiger partial charge is 0.477 e. The molecule has 0 aliphatic carbocycles. The molecule has 1 rings (SSSR count). The summed E-state index contributed by atoms with van der Waals surface area (Å²) in [6, 6.07) is 1.55. The molecule has 1 aromatic heterocycles. The smallest absolute Gasteiger partial charge is 0.354 e. The van der Waals surface area contributed by atoms with Crippen LogP contribution in [0.3, 0.4) is 0 Å². The van der Waals surface area contributed by atoms with Crippen LogP contribution >= 0.6 is 0 Å². The number of ether oxygens (including phenoxy) is 1. The zero-order valence-electron chi connectivity index (χ0n) is 8.31. The van der Waals surface area contributed by atoms with Gasteiger partial charge in [0.25, 0.3) is 0 Å². The minimum Gasteiger partial charge on any atom is -0.477 e. The van der Waals surface area contributed by atoms with Gasteiger partial charge < -0.3 is 9.84 Å². The number of methoxy groups -OCH3 is 1. The predicted molar refractivity (Wildman–Crippen MR) is 49.6 cm³/mol. The molecule has 5 nitrogen and oxygen atoms in total. The van der Waals surface area contributed by atoms with Gasteiger partial charge in [0, 0.05) is 0 Å². The number of carbonyl (C=O) groups is 1. The summed E-state index contributed by atoms with van der Waals surface area (Å²) in [5, 5.41) is 8.77. The highest BCUT2D eigenvalue weighted by molar-refractivity contribution is 5.85. The van der Waals surface area contributed by atoms with Crippen molar-refractivity contribution in [3.63, 3.8) is 0 Å². The lowest BCUT2D eigenvalue weighted by Crippen LogP contribution is -2.06. The van der Waals surface area contributed by atoms with Gasteiger partial charge in [-0.1, -0.05) is 13.8 Å². The molecular formula is C9H12N2O3. The van der Waals surface area contributed by atoms with Crippen molar-refractivity contribution in [1.29, 1.82) is 0 Å². The zero-order valence-corrected chi connectivity index (χ0v) is 8.31. The fraction of sp³-hybridized carbons (Fsp3) is 0.444. The molecule has 0 bridgehead atoms. The van der Waals surface area contributed by atoms with Crippen molar-refractivity contribution in [1.82, 2.24) is 9.97 Å². The van der Waals surface area contributed by atoms with Gasteiger partial charge in [-0.15, -0.1) is 0 Å². The van der Waals surface area contributed by atoms with Crippen LogP contribution < -0.4 is 4.74 Å². The Morgan fingerprint density at radius 3 is 2.57 bits per heavy atom. The van der Waals surface area contributed by atoms with Gasteiger partial charge in [0.2, 0.25) is 0 Å². The Kier molecular flexibility index (Phi) is 3.01. The maximum Gasteiger partial charge on any atom is 0.354 e. The summed E-state index contributed by atoms with van der Waals surface area (Å²) in [7, 11) is 1.41. The van der Waals surface area contributed by atoms with Crippen LogP contribution in [-0.4, -0.2) is 28.2 Å². The van der Waals surface area contributed by atoms with Crippen molar-refractivity contribution in [2.75, 3.05) is 7.11 Å². The van der Waals surface area contributed by atoms with Crippen molar-refractivity contribution >= 4 is 5.97 Å². The lowest BCUT2D eigenvalue weighted by molar-refractivity contribution is 0.0689. The molecule has 0 aliphatic heterocycles.